The van der Waals surface area contributed by atoms with E-state index in [2.05, 4.69) is 45.0 Å². The second-order valence-electron chi connectivity index (χ2n) is 5.94. The molecule has 19 heavy (non-hydrogen) atoms. The van der Waals surface area contributed by atoms with Gasteiger partial charge in [0.2, 0.25) is 0 Å². The summed E-state index contributed by atoms with van der Waals surface area (Å²) in [7, 11) is 0. The fraction of sp³-hybridized carbons (Fsp3) is 0.588. The Morgan fingerprint density at radius 2 is 1.74 bits per heavy atom. The van der Waals surface area contributed by atoms with Gasteiger partial charge in [0.25, 0.3) is 0 Å². The Hall–Kier alpha value is -1.15. The Morgan fingerprint density at radius 3 is 2.16 bits per heavy atom. The summed E-state index contributed by atoms with van der Waals surface area (Å²) in [4.78, 5) is 12.1. The summed E-state index contributed by atoms with van der Waals surface area (Å²) < 4.78 is 5.45. The van der Waals surface area contributed by atoms with Crippen LogP contribution in [-0.2, 0) is 21.4 Å². The highest BCUT2D eigenvalue weighted by Gasteiger charge is 2.17. The van der Waals surface area contributed by atoms with Gasteiger partial charge in [-0.1, -0.05) is 52.0 Å². The minimum absolute atomic E-state index is 0.153. The molecule has 0 amide bonds. The first-order chi connectivity index (χ1) is 8.88. The zero-order chi connectivity index (χ0) is 14.5. The number of ketones is 1. The summed E-state index contributed by atoms with van der Waals surface area (Å²) in [6.07, 6.45) is 0.947. The van der Waals surface area contributed by atoms with Crippen molar-refractivity contribution in [1.29, 1.82) is 0 Å². The molecular formula is C17H26O2. The molecule has 0 fully saturated rings. The number of Topliss-reactive ketones (excluding diaryl/α,β-unsaturated/α-hetero) is 1. The molecule has 0 spiro atoms. The van der Waals surface area contributed by atoms with Crippen LogP contribution in [0.4, 0.5) is 0 Å². The van der Waals surface area contributed by atoms with Gasteiger partial charge in [0.1, 0.15) is 6.10 Å². The van der Waals surface area contributed by atoms with Crippen molar-refractivity contribution in [3.05, 3.63) is 35.4 Å². The zero-order valence-electron chi connectivity index (χ0n) is 12.8. The van der Waals surface area contributed by atoms with Crippen molar-refractivity contribution in [2.45, 2.75) is 59.0 Å². The highest BCUT2D eigenvalue weighted by molar-refractivity contribution is 5.85. The molecule has 0 aliphatic carbocycles. The number of carbonyl (C=O) groups excluding carboxylic acids is 1. The molecule has 1 atom stereocenters. The predicted molar refractivity (Wildman–Crippen MR) is 79.6 cm³/mol. The third-order valence-electron chi connectivity index (χ3n) is 3.30. The van der Waals surface area contributed by atoms with Crippen LogP contribution >= 0.6 is 0 Å². The van der Waals surface area contributed by atoms with Gasteiger partial charge in [-0.15, -0.1) is 0 Å². The maximum absolute atomic E-state index is 12.1. The fourth-order valence-electron chi connectivity index (χ4n) is 2.08. The maximum atomic E-state index is 12.1. The van der Waals surface area contributed by atoms with E-state index < -0.39 is 0 Å². The third kappa shape index (κ3) is 4.79. The van der Waals surface area contributed by atoms with Crippen LogP contribution in [0.5, 0.6) is 0 Å². The monoisotopic (exact) mass is 262 g/mol. The van der Waals surface area contributed by atoms with Crippen LogP contribution < -0.4 is 0 Å². The summed E-state index contributed by atoms with van der Waals surface area (Å²) >= 11 is 0. The SMILES string of the molecule is CCOC(CC)C(=O)Cc1ccc(C(C)(C)C)cc1. The first-order valence-electron chi connectivity index (χ1n) is 7.12. The van der Waals surface area contributed by atoms with Gasteiger partial charge in [0.05, 0.1) is 0 Å². The van der Waals surface area contributed by atoms with Gasteiger partial charge >= 0.3 is 0 Å². The average Bonchev–Trinajstić information content (AvgIpc) is 2.35. The zero-order valence-corrected chi connectivity index (χ0v) is 12.8. The Balaban J connectivity index is 2.70. The molecule has 1 aromatic carbocycles. The van der Waals surface area contributed by atoms with Gasteiger partial charge in [-0.2, -0.15) is 0 Å². The quantitative estimate of drug-likeness (QED) is 0.777. The van der Waals surface area contributed by atoms with Gasteiger partial charge < -0.3 is 4.74 Å². The Bertz CT molecular complexity index is 398. The molecule has 0 aliphatic rings. The minimum atomic E-state index is -0.257. The first-order valence-corrected chi connectivity index (χ1v) is 7.12. The highest BCUT2D eigenvalue weighted by Crippen LogP contribution is 2.22. The van der Waals surface area contributed by atoms with Crippen molar-refractivity contribution < 1.29 is 9.53 Å². The number of hydrogen-bond donors (Lipinski definition) is 0. The van der Waals surface area contributed by atoms with Crippen molar-refractivity contribution >= 4 is 5.78 Å². The average molecular weight is 262 g/mol. The highest BCUT2D eigenvalue weighted by atomic mass is 16.5. The van der Waals surface area contributed by atoms with Crippen LogP contribution in [0.2, 0.25) is 0 Å². The molecule has 0 radical (unpaired) electrons. The molecule has 0 saturated heterocycles. The predicted octanol–water partition coefficient (Wildman–Crippen LogP) is 3.91. The molecule has 0 aromatic heterocycles. The molecule has 0 bridgehead atoms. The van der Waals surface area contributed by atoms with E-state index in [1.165, 1.54) is 5.56 Å². The largest absolute Gasteiger partial charge is 0.371 e. The summed E-state index contributed by atoms with van der Waals surface area (Å²) in [6, 6.07) is 8.34. The van der Waals surface area contributed by atoms with Crippen LogP contribution in [0.25, 0.3) is 0 Å². The lowest BCUT2D eigenvalue weighted by atomic mass is 9.86. The Kier molecular flexibility index (Phi) is 5.74. The molecule has 1 unspecified atom stereocenters. The van der Waals surface area contributed by atoms with E-state index in [1.807, 2.05) is 13.8 Å². The van der Waals surface area contributed by atoms with Crippen LogP contribution in [-0.4, -0.2) is 18.5 Å². The number of benzene rings is 1. The van der Waals surface area contributed by atoms with Crippen molar-refractivity contribution in [3.8, 4) is 0 Å². The van der Waals surface area contributed by atoms with E-state index in [0.29, 0.717) is 13.0 Å². The molecule has 1 rings (SSSR count). The van der Waals surface area contributed by atoms with Crippen molar-refractivity contribution in [2.24, 2.45) is 0 Å². The number of ether oxygens (including phenoxy) is 1. The summed E-state index contributed by atoms with van der Waals surface area (Å²) in [5.41, 5.74) is 2.51. The lowest BCUT2D eigenvalue weighted by Crippen LogP contribution is -2.25. The van der Waals surface area contributed by atoms with E-state index in [4.69, 9.17) is 4.74 Å². The van der Waals surface area contributed by atoms with Gasteiger partial charge in [-0.3, -0.25) is 4.79 Å². The summed E-state index contributed by atoms with van der Waals surface area (Å²) in [5, 5.41) is 0. The molecule has 0 N–H and O–H groups in total. The van der Waals surface area contributed by atoms with Crippen LogP contribution in [0.3, 0.4) is 0 Å². The number of carbonyl (C=O) groups is 1. The lowest BCUT2D eigenvalue weighted by Gasteiger charge is -2.19. The second-order valence-corrected chi connectivity index (χ2v) is 5.94. The third-order valence-corrected chi connectivity index (χ3v) is 3.30. The normalized spacial score (nSPS) is 13.3. The summed E-state index contributed by atoms with van der Waals surface area (Å²) in [6.45, 7) is 11.1. The van der Waals surface area contributed by atoms with Gasteiger partial charge in [0, 0.05) is 13.0 Å². The van der Waals surface area contributed by atoms with E-state index in [1.54, 1.807) is 0 Å². The summed E-state index contributed by atoms with van der Waals surface area (Å²) in [5.74, 6) is 0.174. The lowest BCUT2D eigenvalue weighted by molar-refractivity contribution is -0.129. The van der Waals surface area contributed by atoms with E-state index in [-0.39, 0.29) is 17.3 Å². The molecule has 106 valence electrons. The number of rotatable bonds is 6. The number of hydrogen-bond acceptors (Lipinski definition) is 2. The molecule has 0 saturated carbocycles. The molecule has 0 aliphatic heterocycles. The topological polar surface area (TPSA) is 26.3 Å². The van der Waals surface area contributed by atoms with E-state index in [9.17, 15) is 4.79 Å². The Morgan fingerprint density at radius 1 is 1.16 bits per heavy atom. The van der Waals surface area contributed by atoms with E-state index in [0.717, 1.165) is 12.0 Å². The standard InChI is InChI=1S/C17H26O2/c1-6-16(19-7-2)15(18)12-13-8-10-14(11-9-13)17(3,4)5/h8-11,16H,6-7,12H2,1-5H3. The molecule has 2 heteroatoms. The van der Waals surface area contributed by atoms with Crippen LogP contribution in [0, 0.1) is 0 Å². The molecular weight excluding hydrogens is 236 g/mol. The van der Waals surface area contributed by atoms with Crippen LogP contribution in [0.15, 0.2) is 24.3 Å². The van der Waals surface area contributed by atoms with Gasteiger partial charge in [0.15, 0.2) is 5.78 Å². The molecule has 0 heterocycles. The molecule has 1 aromatic rings. The second kappa shape index (κ2) is 6.85. The van der Waals surface area contributed by atoms with Crippen LogP contribution in [0.1, 0.15) is 52.2 Å². The first kappa shape index (κ1) is 15.9. The Labute approximate surface area is 117 Å². The van der Waals surface area contributed by atoms with Crippen molar-refractivity contribution in [3.63, 3.8) is 0 Å². The minimum Gasteiger partial charge on any atom is -0.371 e. The van der Waals surface area contributed by atoms with Gasteiger partial charge in [-0.25, -0.2) is 0 Å². The van der Waals surface area contributed by atoms with Gasteiger partial charge in [-0.05, 0) is 29.9 Å². The van der Waals surface area contributed by atoms with Crippen molar-refractivity contribution in [1.82, 2.24) is 0 Å². The smallest absolute Gasteiger partial charge is 0.165 e. The molecule has 2 nitrogen and oxygen atoms in total. The van der Waals surface area contributed by atoms with Crippen molar-refractivity contribution in [2.75, 3.05) is 6.61 Å². The fourth-order valence-corrected chi connectivity index (χ4v) is 2.08. The maximum Gasteiger partial charge on any atom is 0.165 e. The van der Waals surface area contributed by atoms with E-state index >= 15 is 0 Å².